The molecule has 0 aromatic carbocycles. The predicted octanol–water partition coefficient (Wildman–Crippen LogP) is 1.02. The molecule has 7 heteroatoms. The van der Waals surface area contributed by atoms with Crippen LogP contribution < -0.4 is 5.43 Å². The molecule has 0 radical (unpaired) electrons. The second-order valence-electron chi connectivity index (χ2n) is 4.25. The van der Waals surface area contributed by atoms with Crippen LogP contribution in [0.3, 0.4) is 0 Å². The maximum atomic E-state index is 11.7. The van der Waals surface area contributed by atoms with E-state index in [1.54, 1.807) is 6.92 Å². The molecule has 2 heterocycles. The zero-order valence-corrected chi connectivity index (χ0v) is 11.6. The van der Waals surface area contributed by atoms with Gasteiger partial charge in [-0.3, -0.25) is 4.79 Å². The van der Waals surface area contributed by atoms with Gasteiger partial charge in [0.1, 0.15) is 0 Å². The third-order valence-corrected chi connectivity index (χ3v) is 5.56. The zero-order chi connectivity index (χ0) is 13.2. The Morgan fingerprint density at radius 1 is 1.56 bits per heavy atom. The number of carbonyl (C=O) groups is 1. The number of rotatable bonds is 3. The van der Waals surface area contributed by atoms with Gasteiger partial charge < -0.3 is 0 Å². The molecule has 1 aliphatic rings. The number of hydrazone groups is 1. The normalized spacial score (nSPS) is 22.9. The van der Waals surface area contributed by atoms with Crippen molar-refractivity contribution >= 4 is 32.8 Å². The van der Waals surface area contributed by atoms with E-state index in [1.165, 1.54) is 11.3 Å². The first kappa shape index (κ1) is 13.2. The van der Waals surface area contributed by atoms with Gasteiger partial charge in [-0.05, 0) is 24.8 Å². The molecular weight excluding hydrogens is 272 g/mol. The van der Waals surface area contributed by atoms with Crippen LogP contribution >= 0.6 is 11.3 Å². The first-order valence-corrected chi connectivity index (χ1v) is 8.26. The van der Waals surface area contributed by atoms with Crippen LogP contribution in [0.1, 0.15) is 18.2 Å². The van der Waals surface area contributed by atoms with Crippen molar-refractivity contribution in [2.75, 3.05) is 11.5 Å². The highest BCUT2D eigenvalue weighted by molar-refractivity contribution is 7.91. The molecule has 1 fully saturated rings. The Morgan fingerprint density at radius 3 is 2.89 bits per heavy atom. The Hall–Kier alpha value is -1.21. The highest BCUT2D eigenvalue weighted by atomic mass is 32.2. The monoisotopic (exact) mass is 286 g/mol. The predicted molar refractivity (Wildman–Crippen MR) is 71.4 cm³/mol. The van der Waals surface area contributed by atoms with Crippen molar-refractivity contribution < 1.29 is 13.2 Å². The number of hydrogen-bond donors (Lipinski definition) is 1. The van der Waals surface area contributed by atoms with Crippen LogP contribution in [0, 0.1) is 5.92 Å². The van der Waals surface area contributed by atoms with Gasteiger partial charge in [-0.2, -0.15) is 5.10 Å². The second kappa shape index (κ2) is 5.19. The van der Waals surface area contributed by atoms with Gasteiger partial charge in [0.05, 0.1) is 23.1 Å². The topological polar surface area (TPSA) is 75.6 Å². The van der Waals surface area contributed by atoms with E-state index in [0.29, 0.717) is 6.42 Å². The van der Waals surface area contributed by atoms with E-state index in [0.717, 1.165) is 10.6 Å². The number of sulfone groups is 1. The van der Waals surface area contributed by atoms with Gasteiger partial charge in [-0.15, -0.1) is 11.3 Å². The minimum Gasteiger partial charge on any atom is -0.273 e. The molecule has 0 bridgehead atoms. The van der Waals surface area contributed by atoms with Crippen LogP contribution in [0.25, 0.3) is 0 Å². The highest BCUT2D eigenvalue weighted by Gasteiger charge is 2.32. The van der Waals surface area contributed by atoms with Crippen molar-refractivity contribution in [2.45, 2.75) is 13.3 Å². The summed E-state index contributed by atoms with van der Waals surface area (Å²) in [6.45, 7) is 1.80. The van der Waals surface area contributed by atoms with E-state index >= 15 is 0 Å². The summed E-state index contributed by atoms with van der Waals surface area (Å²) in [5.41, 5.74) is 3.16. The molecule has 1 aliphatic heterocycles. The van der Waals surface area contributed by atoms with Gasteiger partial charge in [-0.1, -0.05) is 6.07 Å². The third kappa shape index (κ3) is 3.17. The molecule has 0 saturated carbocycles. The van der Waals surface area contributed by atoms with E-state index in [1.807, 2.05) is 17.5 Å². The molecule has 1 saturated heterocycles. The molecule has 2 rings (SSSR count). The molecule has 1 N–H and O–H groups in total. The van der Waals surface area contributed by atoms with Gasteiger partial charge >= 0.3 is 0 Å². The van der Waals surface area contributed by atoms with Crippen molar-refractivity contribution in [3.63, 3.8) is 0 Å². The van der Waals surface area contributed by atoms with Crippen molar-refractivity contribution in [3.05, 3.63) is 22.4 Å². The molecule has 1 aromatic rings. The molecule has 18 heavy (non-hydrogen) atoms. The summed E-state index contributed by atoms with van der Waals surface area (Å²) in [5.74, 6) is -0.743. The second-order valence-corrected chi connectivity index (χ2v) is 7.43. The van der Waals surface area contributed by atoms with Crippen molar-refractivity contribution in [3.8, 4) is 0 Å². The van der Waals surface area contributed by atoms with Crippen LogP contribution in [0.5, 0.6) is 0 Å². The summed E-state index contributed by atoms with van der Waals surface area (Å²) in [6.07, 6.45) is 0.391. The van der Waals surface area contributed by atoms with Gasteiger partial charge in [0.15, 0.2) is 9.84 Å². The minimum absolute atomic E-state index is 0.0631. The van der Waals surface area contributed by atoms with Crippen LogP contribution in [0.4, 0.5) is 0 Å². The maximum absolute atomic E-state index is 11.7. The fraction of sp³-hybridized carbons (Fsp3) is 0.455. The summed E-state index contributed by atoms with van der Waals surface area (Å²) in [7, 11) is -3.03. The van der Waals surface area contributed by atoms with Crippen LogP contribution in [-0.2, 0) is 14.6 Å². The third-order valence-electron chi connectivity index (χ3n) is 2.81. The largest absolute Gasteiger partial charge is 0.273 e. The van der Waals surface area contributed by atoms with E-state index in [-0.39, 0.29) is 17.4 Å². The average Bonchev–Trinajstić information content (AvgIpc) is 2.94. The number of nitrogens with zero attached hydrogens (tertiary/aromatic N) is 1. The SMILES string of the molecule is C/C(=N/NC(=O)[C@H]1CCS(=O)(=O)C1)c1cccs1. The molecule has 5 nitrogen and oxygen atoms in total. The summed E-state index contributed by atoms with van der Waals surface area (Å²) in [6, 6.07) is 3.82. The van der Waals surface area contributed by atoms with Gasteiger partial charge in [0.2, 0.25) is 5.91 Å². The highest BCUT2D eigenvalue weighted by Crippen LogP contribution is 2.18. The Balaban J connectivity index is 1.95. The summed E-state index contributed by atoms with van der Waals surface area (Å²) in [5, 5.41) is 5.92. The molecule has 0 spiro atoms. The lowest BCUT2D eigenvalue weighted by Gasteiger charge is -2.05. The number of thiophene rings is 1. The summed E-state index contributed by atoms with van der Waals surface area (Å²) < 4.78 is 22.5. The number of carbonyl (C=O) groups excluding carboxylic acids is 1. The quantitative estimate of drug-likeness (QED) is 0.666. The minimum atomic E-state index is -3.03. The Morgan fingerprint density at radius 2 is 2.33 bits per heavy atom. The molecule has 98 valence electrons. The van der Waals surface area contributed by atoms with Crippen molar-refractivity contribution in [1.29, 1.82) is 0 Å². The van der Waals surface area contributed by atoms with Gasteiger partial charge in [0.25, 0.3) is 0 Å². The van der Waals surface area contributed by atoms with Crippen molar-refractivity contribution in [1.82, 2.24) is 5.43 Å². The lowest BCUT2D eigenvalue weighted by molar-refractivity contribution is -0.124. The molecule has 1 atom stereocenters. The smallest absolute Gasteiger partial charge is 0.244 e. The van der Waals surface area contributed by atoms with Crippen LogP contribution in [0.2, 0.25) is 0 Å². The Bertz CT molecular complexity index is 561. The molecular formula is C11H14N2O3S2. The maximum Gasteiger partial charge on any atom is 0.244 e. The van der Waals surface area contributed by atoms with E-state index in [9.17, 15) is 13.2 Å². The molecule has 0 unspecified atom stereocenters. The van der Waals surface area contributed by atoms with E-state index in [4.69, 9.17) is 0 Å². The first-order chi connectivity index (χ1) is 8.48. The molecule has 1 amide bonds. The van der Waals surface area contributed by atoms with Gasteiger partial charge in [-0.25, -0.2) is 13.8 Å². The van der Waals surface area contributed by atoms with E-state index < -0.39 is 15.8 Å². The zero-order valence-electron chi connectivity index (χ0n) is 9.92. The number of amides is 1. The number of nitrogens with one attached hydrogen (secondary N) is 1. The fourth-order valence-electron chi connectivity index (χ4n) is 1.77. The van der Waals surface area contributed by atoms with Crippen LogP contribution in [0.15, 0.2) is 22.6 Å². The Labute approximate surface area is 110 Å². The van der Waals surface area contributed by atoms with Crippen molar-refractivity contribution in [2.24, 2.45) is 11.0 Å². The molecule has 1 aromatic heterocycles. The Kier molecular flexibility index (Phi) is 3.82. The van der Waals surface area contributed by atoms with Gasteiger partial charge in [0, 0.05) is 4.88 Å². The fourth-order valence-corrected chi connectivity index (χ4v) is 4.19. The first-order valence-electron chi connectivity index (χ1n) is 5.56. The standard InChI is InChI=1S/C11H14N2O3S2/c1-8(10-3-2-5-17-10)12-13-11(14)9-4-6-18(15,16)7-9/h2-3,5,9H,4,6-7H2,1H3,(H,13,14)/b12-8-/t9-/m0/s1. The molecule has 0 aliphatic carbocycles. The summed E-state index contributed by atoms with van der Waals surface area (Å²) in [4.78, 5) is 12.7. The number of hydrogen-bond acceptors (Lipinski definition) is 5. The summed E-state index contributed by atoms with van der Waals surface area (Å²) >= 11 is 1.54. The lowest BCUT2D eigenvalue weighted by atomic mass is 10.1. The van der Waals surface area contributed by atoms with E-state index in [2.05, 4.69) is 10.5 Å². The average molecular weight is 286 g/mol. The lowest BCUT2D eigenvalue weighted by Crippen LogP contribution is -2.28. The van der Waals surface area contributed by atoms with Crippen LogP contribution in [-0.4, -0.2) is 31.5 Å².